The maximum Gasteiger partial charge on any atom is 0.246 e. The molecule has 1 saturated carbocycles. The summed E-state index contributed by atoms with van der Waals surface area (Å²) in [4.78, 5) is 12.3. The second-order valence-corrected chi connectivity index (χ2v) is 5.63. The van der Waals surface area contributed by atoms with Crippen LogP contribution in [0.3, 0.4) is 0 Å². The Morgan fingerprint density at radius 3 is 2.83 bits per heavy atom. The predicted molar refractivity (Wildman–Crippen MR) is 87.0 cm³/mol. The first-order valence-electron chi connectivity index (χ1n) is 7.74. The molecular formula is C18H20N2O3. The third-order valence-electron chi connectivity index (χ3n) is 4.02. The zero-order chi connectivity index (χ0) is 16.3. The summed E-state index contributed by atoms with van der Waals surface area (Å²) in [7, 11) is 0. The Kier molecular flexibility index (Phi) is 4.30. The molecule has 1 N–H and O–H groups in total. The van der Waals surface area contributed by atoms with Crippen molar-refractivity contribution in [3.05, 3.63) is 59.5 Å². The molecule has 23 heavy (non-hydrogen) atoms. The van der Waals surface area contributed by atoms with Gasteiger partial charge in [0.2, 0.25) is 5.91 Å². The Morgan fingerprint density at radius 2 is 2.17 bits per heavy atom. The van der Waals surface area contributed by atoms with Crippen molar-refractivity contribution in [1.29, 1.82) is 0 Å². The lowest BCUT2D eigenvalue weighted by atomic mass is 10.1. The summed E-state index contributed by atoms with van der Waals surface area (Å²) in [6.07, 6.45) is 2.17. The first-order chi connectivity index (χ1) is 11.2. The number of furan rings is 1. The third kappa shape index (κ3) is 3.19. The Morgan fingerprint density at radius 1 is 1.39 bits per heavy atom. The van der Waals surface area contributed by atoms with E-state index in [1.54, 1.807) is 6.07 Å². The number of aryl methyl sites for hydroxylation is 1. The first kappa shape index (κ1) is 15.5. The minimum absolute atomic E-state index is 0.137. The Labute approximate surface area is 135 Å². The van der Waals surface area contributed by atoms with Crippen molar-refractivity contribution in [2.24, 2.45) is 11.0 Å². The third-order valence-corrected chi connectivity index (χ3v) is 4.02. The molecule has 1 aromatic carbocycles. The summed E-state index contributed by atoms with van der Waals surface area (Å²) in [5, 5.41) is 3.96. The number of hydrogen-bond donors (Lipinski definition) is 1. The van der Waals surface area contributed by atoms with Crippen molar-refractivity contribution in [3.63, 3.8) is 0 Å². The van der Waals surface area contributed by atoms with E-state index in [2.05, 4.69) is 10.5 Å². The molecule has 5 nitrogen and oxygen atoms in total. The molecule has 5 heteroatoms. The number of hydrazone groups is 1. The number of nitrogens with one attached hydrogen (secondary N) is 1. The van der Waals surface area contributed by atoms with Crippen LogP contribution < -0.4 is 5.43 Å². The van der Waals surface area contributed by atoms with Crippen LogP contribution in [0.1, 0.15) is 30.4 Å². The molecule has 1 heterocycles. The molecule has 2 atom stereocenters. The van der Waals surface area contributed by atoms with Gasteiger partial charge in [-0.15, -0.1) is 0 Å². The smallest absolute Gasteiger partial charge is 0.246 e. The molecule has 0 saturated heterocycles. The largest absolute Gasteiger partial charge is 0.460 e. The molecule has 1 aliphatic carbocycles. The first-order valence-corrected chi connectivity index (χ1v) is 7.74. The van der Waals surface area contributed by atoms with E-state index >= 15 is 0 Å². The van der Waals surface area contributed by atoms with Gasteiger partial charge in [0.25, 0.3) is 0 Å². The lowest BCUT2D eigenvalue weighted by molar-refractivity contribution is -0.124. The lowest BCUT2D eigenvalue weighted by Gasteiger charge is -2.17. The molecule has 1 fully saturated rings. The van der Waals surface area contributed by atoms with Gasteiger partial charge >= 0.3 is 0 Å². The fourth-order valence-corrected chi connectivity index (χ4v) is 2.85. The van der Waals surface area contributed by atoms with Gasteiger partial charge in [0.1, 0.15) is 17.1 Å². The van der Waals surface area contributed by atoms with Gasteiger partial charge in [0, 0.05) is 6.61 Å². The monoisotopic (exact) mass is 312 g/mol. The van der Waals surface area contributed by atoms with Crippen molar-refractivity contribution in [2.75, 3.05) is 6.61 Å². The Balaban J connectivity index is 1.65. The topological polar surface area (TPSA) is 63.8 Å². The van der Waals surface area contributed by atoms with Crippen LogP contribution in [-0.4, -0.2) is 18.7 Å². The summed E-state index contributed by atoms with van der Waals surface area (Å²) in [6, 6.07) is 13.5. The van der Waals surface area contributed by atoms with E-state index in [0.717, 1.165) is 11.3 Å². The molecule has 0 unspecified atom stereocenters. The highest BCUT2D eigenvalue weighted by Crippen LogP contribution is 2.55. The number of benzene rings is 1. The quantitative estimate of drug-likeness (QED) is 0.659. The summed E-state index contributed by atoms with van der Waals surface area (Å²) in [5.41, 5.74) is 3.09. The number of carbonyl (C=O) groups excluding carboxylic acids is 1. The fraction of sp³-hybridized carbons (Fsp3) is 0.333. The summed E-state index contributed by atoms with van der Waals surface area (Å²) in [5.74, 6) is 1.05. The number of rotatable bonds is 6. The molecule has 0 radical (unpaired) electrons. The van der Waals surface area contributed by atoms with Crippen LogP contribution >= 0.6 is 0 Å². The van der Waals surface area contributed by atoms with Crippen molar-refractivity contribution < 1.29 is 13.9 Å². The van der Waals surface area contributed by atoms with Crippen molar-refractivity contribution in [3.8, 4) is 0 Å². The van der Waals surface area contributed by atoms with Crippen molar-refractivity contribution in [2.45, 2.75) is 25.9 Å². The number of carbonyl (C=O) groups is 1. The normalized spacial score (nSPS) is 23.1. The fourth-order valence-electron chi connectivity index (χ4n) is 2.85. The number of amides is 1. The van der Waals surface area contributed by atoms with Crippen LogP contribution in [0.5, 0.6) is 0 Å². The maximum absolute atomic E-state index is 12.3. The SMILES string of the molecule is CCO[C@@]1(c2ccccc2)C[C@@H]1C(=O)N/N=C\c1ccc(C)o1. The molecule has 0 spiro atoms. The Bertz CT molecular complexity index is 708. The zero-order valence-corrected chi connectivity index (χ0v) is 13.3. The number of ether oxygens (including phenoxy) is 1. The average molecular weight is 312 g/mol. The molecule has 1 aliphatic rings. The molecule has 0 aliphatic heterocycles. The summed E-state index contributed by atoms with van der Waals surface area (Å²) < 4.78 is 11.3. The van der Waals surface area contributed by atoms with Crippen LogP contribution in [0.2, 0.25) is 0 Å². The standard InChI is InChI=1S/C18H20N2O3/c1-3-22-18(14-7-5-4-6-8-14)11-16(18)17(21)20-19-12-15-10-9-13(2)23-15/h4-10,12,16H,3,11H2,1-2H3,(H,20,21)/b19-12-/t16-,18-/m1/s1. The van der Waals surface area contributed by atoms with Gasteiger partial charge in [-0.25, -0.2) is 5.43 Å². The molecule has 3 rings (SSSR count). The highest BCUT2D eigenvalue weighted by molar-refractivity contribution is 5.85. The molecule has 120 valence electrons. The average Bonchev–Trinajstić information content (AvgIpc) is 3.15. The van der Waals surface area contributed by atoms with Crippen molar-refractivity contribution >= 4 is 12.1 Å². The van der Waals surface area contributed by atoms with Gasteiger partial charge in [0.15, 0.2) is 0 Å². The van der Waals surface area contributed by atoms with Gasteiger partial charge in [-0.2, -0.15) is 5.10 Å². The van der Waals surface area contributed by atoms with Crippen molar-refractivity contribution in [1.82, 2.24) is 5.43 Å². The summed E-state index contributed by atoms with van der Waals surface area (Å²) in [6.45, 7) is 4.36. The molecular weight excluding hydrogens is 292 g/mol. The van der Waals surface area contributed by atoms with E-state index < -0.39 is 5.60 Å². The Hall–Kier alpha value is -2.40. The summed E-state index contributed by atoms with van der Waals surface area (Å²) >= 11 is 0. The van der Waals surface area contributed by atoms with Crippen LogP contribution in [0.25, 0.3) is 0 Å². The van der Waals surface area contributed by atoms with E-state index in [1.807, 2.05) is 50.2 Å². The second kappa shape index (κ2) is 6.38. The minimum Gasteiger partial charge on any atom is -0.460 e. The van der Waals surface area contributed by atoms with Crippen LogP contribution in [0, 0.1) is 12.8 Å². The second-order valence-electron chi connectivity index (χ2n) is 5.63. The van der Waals surface area contributed by atoms with Gasteiger partial charge < -0.3 is 9.15 Å². The van der Waals surface area contributed by atoms with Gasteiger partial charge in [-0.3, -0.25) is 4.79 Å². The van der Waals surface area contributed by atoms with Crippen LogP contribution in [0.15, 0.2) is 52.0 Å². The highest BCUT2D eigenvalue weighted by atomic mass is 16.5. The minimum atomic E-state index is -0.517. The van der Waals surface area contributed by atoms with E-state index in [4.69, 9.17) is 9.15 Å². The predicted octanol–water partition coefficient (Wildman–Crippen LogP) is 2.99. The van der Waals surface area contributed by atoms with Gasteiger partial charge in [-0.1, -0.05) is 30.3 Å². The van der Waals surface area contributed by atoms with E-state index in [9.17, 15) is 4.79 Å². The molecule has 0 bridgehead atoms. The van der Waals surface area contributed by atoms with Gasteiger partial charge in [-0.05, 0) is 38.0 Å². The number of hydrogen-bond acceptors (Lipinski definition) is 4. The van der Waals surface area contributed by atoms with Gasteiger partial charge in [0.05, 0.1) is 12.1 Å². The number of nitrogens with zero attached hydrogens (tertiary/aromatic N) is 1. The van der Waals surface area contributed by atoms with Crippen LogP contribution in [0.4, 0.5) is 0 Å². The van der Waals surface area contributed by atoms with E-state index in [-0.39, 0.29) is 11.8 Å². The van der Waals surface area contributed by atoms with E-state index in [0.29, 0.717) is 18.8 Å². The molecule has 1 aromatic heterocycles. The molecule has 2 aromatic rings. The lowest BCUT2D eigenvalue weighted by Crippen LogP contribution is -2.26. The molecule has 1 amide bonds. The van der Waals surface area contributed by atoms with E-state index in [1.165, 1.54) is 6.21 Å². The highest BCUT2D eigenvalue weighted by Gasteiger charge is 2.60. The zero-order valence-electron chi connectivity index (χ0n) is 13.3. The maximum atomic E-state index is 12.3. The van der Waals surface area contributed by atoms with Crippen LogP contribution in [-0.2, 0) is 15.1 Å².